The summed E-state index contributed by atoms with van der Waals surface area (Å²) in [5.74, 6) is -0.585. The standard InChI is InChI=1S/C13H18FNO/c1-8-5-6-9(7-10(8)14)11(16)12(15)13(2,3)4/h5-7,12H,15H2,1-4H3. The lowest BCUT2D eigenvalue weighted by Gasteiger charge is -2.25. The predicted molar refractivity (Wildman–Crippen MR) is 62.9 cm³/mol. The molecule has 0 aromatic heterocycles. The molecule has 88 valence electrons. The lowest BCUT2D eigenvalue weighted by Crippen LogP contribution is -2.42. The van der Waals surface area contributed by atoms with Crippen molar-refractivity contribution in [3.8, 4) is 0 Å². The van der Waals surface area contributed by atoms with Gasteiger partial charge < -0.3 is 5.73 Å². The molecule has 0 bridgehead atoms. The van der Waals surface area contributed by atoms with Crippen molar-refractivity contribution in [2.24, 2.45) is 11.1 Å². The molecule has 16 heavy (non-hydrogen) atoms. The molecule has 1 aromatic rings. The molecule has 0 radical (unpaired) electrons. The Kier molecular flexibility index (Phi) is 3.48. The van der Waals surface area contributed by atoms with Gasteiger partial charge in [-0.15, -0.1) is 0 Å². The Bertz CT molecular complexity index is 407. The second kappa shape index (κ2) is 4.34. The highest BCUT2D eigenvalue weighted by Gasteiger charge is 2.28. The molecule has 0 spiro atoms. The van der Waals surface area contributed by atoms with E-state index in [1.54, 1.807) is 19.1 Å². The Morgan fingerprint density at radius 1 is 1.38 bits per heavy atom. The Hall–Kier alpha value is -1.22. The number of hydrogen-bond acceptors (Lipinski definition) is 2. The van der Waals surface area contributed by atoms with Crippen molar-refractivity contribution in [1.82, 2.24) is 0 Å². The van der Waals surface area contributed by atoms with Gasteiger partial charge >= 0.3 is 0 Å². The molecule has 1 atom stereocenters. The minimum absolute atomic E-state index is 0.216. The summed E-state index contributed by atoms with van der Waals surface area (Å²) >= 11 is 0. The number of hydrogen-bond donors (Lipinski definition) is 1. The van der Waals surface area contributed by atoms with Crippen LogP contribution in [0.3, 0.4) is 0 Å². The van der Waals surface area contributed by atoms with Gasteiger partial charge in [-0.1, -0.05) is 32.9 Å². The number of carbonyl (C=O) groups excluding carboxylic acids is 1. The van der Waals surface area contributed by atoms with E-state index in [9.17, 15) is 9.18 Å². The van der Waals surface area contributed by atoms with E-state index in [2.05, 4.69) is 0 Å². The number of ketones is 1. The zero-order chi connectivity index (χ0) is 12.5. The van der Waals surface area contributed by atoms with Crippen molar-refractivity contribution in [2.45, 2.75) is 33.7 Å². The van der Waals surface area contributed by atoms with Crippen molar-refractivity contribution < 1.29 is 9.18 Å². The predicted octanol–water partition coefficient (Wildman–Crippen LogP) is 2.69. The molecule has 1 unspecified atom stereocenters. The number of aryl methyl sites for hydroxylation is 1. The first-order valence-electron chi connectivity index (χ1n) is 5.29. The third-order valence-electron chi connectivity index (χ3n) is 2.67. The van der Waals surface area contributed by atoms with E-state index in [-0.39, 0.29) is 17.0 Å². The lowest BCUT2D eigenvalue weighted by molar-refractivity contribution is 0.0901. The molecule has 1 aromatic carbocycles. The third kappa shape index (κ3) is 2.67. The fourth-order valence-electron chi connectivity index (χ4n) is 1.32. The molecule has 0 fully saturated rings. The monoisotopic (exact) mass is 223 g/mol. The van der Waals surface area contributed by atoms with Crippen molar-refractivity contribution in [3.63, 3.8) is 0 Å². The van der Waals surface area contributed by atoms with Gasteiger partial charge in [0.2, 0.25) is 0 Å². The maximum atomic E-state index is 13.3. The zero-order valence-electron chi connectivity index (χ0n) is 10.2. The van der Waals surface area contributed by atoms with Crippen LogP contribution in [0, 0.1) is 18.2 Å². The Labute approximate surface area is 95.7 Å². The van der Waals surface area contributed by atoms with Crippen molar-refractivity contribution in [2.75, 3.05) is 0 Å². The van der Waals surface area contributed by atoms with Gasteiger partial charge in [0, 0.05) is 5.56 Å². The smallest absolute Gasteiger partial charge is 0.180 e. The molecule has 1 rings (SSSR count). The Morgan fingerprint density at radius 3 is 2.38 bits per heavy atom. The van der Waals surface area contributed by atoms with E-state index in [4.69, 9.17) is 5.73 Å². The average molecular weight is 223 g/mol. The van der Waals surface area contributed by atoms with Gasteiger partial charge in [-0.05, 0) is 24.0 Å². The molecule has 2 nitrogen and oxygen atoms in total. The van der Waals surface area contributed by atoms with Gasteiger partial charge in [0.1, 0.15) is 5.82 Å². The number of Topliss-reactive ketones (excluding diaryl/α,β-unsaturated/α-hetero) is 1. The molecule has 0 heterocycles. The summed E-state index contributed by atoms with van der Waals surface area (Å²) in [6.45, 7) is 7.33. The maximum Gasteiger partial charge on any atom is 0.180 e. The van der Waals surface area contributed by atoms with Crippen molar-refractivity contribution in [1.29, 1.82) is 0 Å². The largest absolute Gasteiger partial charge is 0.321 e. The van der Waals surface area contributed by atoms with Crippen LogP contribution in [0.5, 0.6) is 0 Å². The van der Waals surface area contributed by atoms with Crippen molar-refractivity contribution >= 4 is 5.78 Å². The molecular weight excluding hydrogens is 205 g/mol. The first-order chi connectivity index (χ1) is 7.23. The Balaban J connectivity index is 3.02. The second-order valence-corrected chi connectivity index (χ2v) is 5.17. The van der Waals surface area contributed by atoms with Crippen LogP contribution in [0.15, 0.2) is 18.2 Å². The quantitative estimate of drug-likeness (QED) is 0.783. The molecule has 2 N–H and O–H groups in total. The highest BCUT2D eigenvalue weighted by atomic mass is 19.1. The molecule has 0 aliphatic heterocycles. The SMILES string of the molecule is Cc1ccc(C(=O)C(N)C(C)(C)C)cc1F. The van der Waals surface area contributed by atoms with Gasteiger partial charge in [-0.3, -0.25) is 4.79 Å². The van der Waals surface area contributed by atoms with Gasteiger partial charge in [0.15, 0.2) is 5.78 Å². The summed E-state index contributed by atoms with van der Waals surface area (Å²) in [4.78, 5) is 12.0. The van der Waals surface area contributed by atoms with Gasteiger partial charge in [-0.2, -0.15) is 0 Å². The molecule has 0 aliphatic rings. The number of halogens is 1. The van der Waals surface area contributed by atoms with Gasteiger partial charge in [0.05, 0.1) is 6.04 Å². The van der Waals surface area contributed by atoms with E-state index in [1.807, 2.05) is 20.8 Å². The molecule has 0 amide bonds. The minimum atomic E-state index is -0.616. The Morgan fingerprint density at radius 2 is 1.94 bits per heavy atom. The number of carbonyl (C=O) groups is 1. The van der Waals surface area contributed by atoms with Crippen LogP contribution in [-0.4, -0.2) is 11.8 Å². The van der Waals surface area contributed by atoms with Crippen LogP contribution in [-0.2, 0) is 0 Å². The highest BCUT2D eigenvalue weighted by molar-refractivity contribution is 6.00. The molecule has 0 aliphatic carbocycles. The summed E-state index contributed by atoms with van der Waals surface area (Å²) in [6.07, 6.45) is 0. The van der Waals surface area contributed by atoms with Crippen LogP contribution >= 0.6 is 0 Å². The van der Waals surface area contributed by atoms with E-state index in [0.717, 1.165) is 0 Å². The maximum absolute atomic E-state index is 13.3. The van der Waals surface area contributed by atoms with Gasteiger partial charge in [0.25, 0.3) is 0 Å². The molecule has 0 saturated heterocycles. The summed E-state index contributed by atoms with van der Waals surface area (Å²) in [5, 5.41) is 0. The van der Waals surface area contributed by atoms with E-state index in [0.29, 0.717) is 11.1 Å². The summed E-state index contributed by atoms with van der Waals surface area (Å²) in [5.41, 5.74) is 6.39. The third-order valence-corrected chi connectivity index (χ3v) is 2.67. The first-order valence-corrected chi connectivity index (χ1v) is 5.29. The van der Waals surface area contributed by atoms with E-state index < -0.39 is 6.04 Å². The summed E-state index contributed by atoms with van der Waals surface area (Å²) in [6, 6.07) is 3.85. The number of rotatable bonds is 2. The second-order valence-electron chi connectivity index (χ2n) is 5.17. The average Bonchev–Trinajstić information content (AvgIpc) is 2.18. The molecule has 0 saturated carbocycles. The molecular formula is C13H18FNO. The van der Waals surface area contributed by atoms with Gasteiger partial charge in [-0.25, -0.2) is 4.39 Å². The minimum Gasteiger partial charge on any atom is -0.321 e. The first kappa shape index (κ1) is 12.8. The van der Waals surface area contributed by atoms with E-state index in [1.165, 1.54) is 6.07 Å². The van der Waals surface area contributed by atoms with Crippen LogP contribution in [0.1, 0.15) is 36.7 Å². The van der Waals surface area contributed by atoms with Crippen molar-refractivity contribution in [3.05, 3.63) is 35.1 Å². The topological polar surface area (TPSA) is 43.1 Å². The number of benzene rings is 1. The van der Waals surface area contributed by atoms with Crippen LogP contribution in [0.25, 0.3) is 0 Å². The van der Waals surface area contributed by atoms with Crippen LogP contribution in [0.2, 0.25) is 0 Å². The fraction of sp³-hybridized carbons (Fsp3) is 0.462. The number of nitrogens with two attached hydrogens (primary N) is 1. The summed E-state index contributed by atoms with van der Waals surface area (Å²) in [7, 11) is 0. The lowest BCUT2D eigenvalue weighted by atomic mass is 9.83. The fourth-order valence-corrected chi connectivity index (χ4v) is 1.32. The molecule has 3 heteroatoms. The van der Waals surface area contributed by atoms with Crippen LogP contribution < -0.4 is 5.73 Å². The van der Waals surface area contributed by atoms with Crippen LogP contribution in [0.4, 0.5) is 4.39 Å². The normalized spacial score (nSPS) is 13.6. The zero-order valence-corrected chi connectivity index (χ0v) is 10.2. The van der Waals surface area contributed by atoms with E-state index >= 15 is 0 Å². The highest BCUT2D eigenvalue weighted by Crippen LogP contribution is 2.21. The summed E-state index contributed by atoms with van der Waals surface area (Å²) < 4.78 is 13.3.